The Morgan fingerprint density at radius 1 is 1.24 bits per heavy atom. The van der Waals surface area contributed by atoms with Crippen molar-refractivity contribution >= 4 is 28.9 Å². The molecule has 0 bridgehead atoms. The summed E-state index contributed by atoms with van der Waals surface area (Å²) in [4.78, 5) is 29.5. The summed E-state index contributed by atoms with van der Waals surface area (Å²) in [7, 11) is 0. The molecule has 1 aromatic carbocycles. The molecule has 1 amide bonds. The van der Waals surface area contributed by atoms with Gasteiger partial charge in [-0.1, -0.05) is 24.3 Å². The van der Waals surface area contributed by atoms with E-state index in [9.17, 15) is 9.59 Å². The molecule has 0 atom stereocenters. The number of aromatic nitrogens is 1. The van der Waals surface area contributed by atoms with Gasteiger partial charge in [0, 0.05) is 42.5 Å². The van der Waals surface area contributed by atoms with Crippen LogP contribution in [-0.4, -0.2) is 52.7 Å². The average molecular weight is 340 g/mol. The van der Waals surface area contributed by atoms with Crippen LogP contribution in [0.5, 0.6) is 0 Å². The van der Waals surface area contributed by atoms with E-state index >= 15 is 0 Å². The molecule has 2 aromatic rings. The average Bonchev–Trinajstić information content (AvgIpc) is 2.64. The van der Waals surface area contributed by atoms with Crippen LogP contribution in [0.4, 0.5) is 0 Å². The van der Waals surface area contributed by atoms with Crippen LogP contribution < -0.4 is 0 Å². The number of para-hydroxylation sites is 1. The van der Waals surface area contributed by atoms with Crippen LogP contribution >= 0.6 is 0 Å². The third-order valence-corrected chi connectivity index (χ3v) is 4.29. The predicted octanol–water partition coefficient (Wildman–Crippen LogP) is 2.34. The number of carbonyl (C=O) groups is 2. The van der Waals surface area contributed by atoms with E-state index in [1.165, 1.54) is 11.0 Å². The van der Waals surface area contributed by atoms with Crippen molar-refractivity contribution in [2.24, 2.45) is 0 Å². The van der Waals surface area contributed by atoms with E-state index in [-0.39, 0.29) is 18.5 Å². The van der Waals surface area contributed by atoms with E-state index < -0.39 is 5.97 Å². The fourth-order valence-corrected chi connectivity index (χ4v) is 3.05. The lowest BCUT2D eigenvalue weighted by atomic mass is 10.1. The number of nitrogens with zero attached hydrogens (tertiary/aromatic N) is 2. The van der Waals surface area contributed by atoms with Crippen LogP contribution in [0, 0.1) is 0 Å². The van der Waals surface area contributed by atoms with Gasteiger partial charge in [-0.15, -0.1) is 0 Å². The van der Waals surface area contributed by atoms with Gasteiger partial charge in [-0.2, -0.15) is 0 Å². The van der Waals surface area contributed by atoms with Gasteiger partial charge in [-0.3, -0.25) is 14.6 Å². The highest BCUT2D eigenvalue weighted by molar-refractivity contribution is 5.96. The minimum atomic E-state index is -1.01. The predicted molar refractivity (Wildman–Crippen MR) is 94.0 cm³/mol. The summed E-state index contributed by atoms with van der Waals surface area (Å²) in [5.41, 5.74) is 1.64. The molecular weight excluding hydrogens is 320 g/mol. The minimum Gasteiger partial charge on any atom is -0.480 e. The first kappa shape index (κ1) is 17.1. The number of benzene rings is 1. The van der Waals surface area contributed by atoms with Crippen LogP contribution in [-0.2, 0) is 14.3 Å². The molecule has 25 heavy (non-hydrogen) atoms. The zero-order chi connectivity index (χ0) is 17.6. The standard InChI is InChI=1S/C19H20N2O4/c22-17(21(13-18(23)24)16-8-11-25-12-9-16)7-6-15-4-1-3-14-5-2-10-20-19(14)15/h1-7,10,16H,8-9,11-13H2,(H,23,24). The van der Waals surface area contributed by atoms with E-state index in [0.717, 1.165) is 16.5 Å². The summed E-state index contributed by atoms with van der Waals surface area (Å²) in [5.74, 6) is -1.32. The second-order valence-electron chi connectivity index (χ2n) is 5.96. The number of ether oxygens (including phenoxy) is 1. The molecule has 1 saturated heterocycles. The molecule has 6 heteroatoms. The first-order chi connectivity index (χ1) is 12.1. The van der Waals surface area contributed by atoms with E-state index in [2.05, 4.69) is 4.98 Å². The topological polar surface area (TPSA) is 79.7 Å². The number of carboxylic acid groups (broad SMARTS) is 1. The normalized spacial score (nSPS) is 15.5. The monoisotopic (exact) mass is 340 g/mol. The molecule has 0 spiro atoms. The number of amides is 1. The van der Waals surface area contributed by atoms with Gasteiger partial charge in [0.05, 0.1) is 5.52 Å². The number of carbonyl (C=O) groups excluding carboxylic acids is 1. The number of aliphatic carboxylic acids is 1. The van der Waals surface area contributed by atoms with E-state index in [0.29, 0.717) is 26.1 Å². The molecule has 0 unspecified atom stereocenters. The maximum atomic E-state index is 12.6. The number of hydrogen-bond donors (Lipinski definition) is 1. The third kappa shape index (κ3) is 4.22. The summed E-state index contributed by atoms with van der Waals surface area (Å²) < 4.78 is 5.30. The first-order valence-corrected chi connectivity index (χ1v) is 8.27. The van der Waals surface area contributed by atoms with Gasteiger partial charge in [0.1, 0.15) is 6.54 Å². The Kier molecular flexibility index (Phi) is 5.40. The molecule has 1 fully saturated rings. The number of rotatable bonds is 5. The van der Waals surface area contributed by atoms with Gasteiger partial charge in [-0.05, 0) is 25.0 Å². The molecule has 2 heterocycles. The van der Waals surface area contributed by atoms with Gasteiger partial charge in [0.2, 0.25) is 5.91 Å². The maximum absolute atomic E-state index is 12.6. The minimum absolute atomic E-state index is 0.104. The fraction of sp³-hybridized carbons (Fsp3) is 0.316. The van der Waals surface area contributed by atoms with Crippen LogP contribution in [0.2, 0.25) is 0 Å². The lowest BCUT2D eigenvalue weighted by molar-refractivity contribution is -0.145. The number of hydrogen-bond acceptors (Lipinski definition) is 4. The van der Waals surface area contributed by atoms with E-state index in [4.69, 9.17) is 9.84 Å². The number of fused-ring (bicyclic) bond motifs is 1. The maximum Gasteiger partial charge on any atom is 0.323 e. The van der Waals surface area contributed by atoms with Gasteiger partial charge in [0.15, 0.2) is 0 Å². The lowest BCUT2D eigenvalue weighted by Crippen LogP contribution is -2.45. The molecule has 1 aliphatic rings. The summed E-state index contributed by atoms with van der Waals surface area (Å²) in [6.07, 6.45) is 6.15. The molecule has 3 rings (SSSR count). The Hall–Kier alpha value is -2.73. The number of pyridine rings is 1. The summed E-state index contributed by atoms with van der Waals surface area (Å²) in [6.45, 7) is 0.789. The SMILES string of the molecule is O=C(O)CN(C(=O)C=Cc1cccc2cccnc12)C1CCOCC1. The zero-order valence-electron chi connectivity index (χ0n) is 13.8. The lowest BCUT2D eigenvalue weighted by Gasteiger charge is -2.32. The molecule has 1 N–H and O–H groups in total. The van der Waals surface area contributed by atoms with Crippen LogP contribution in [0.3, 0.4) is 0 Å². The van der Waals surface area contributed by atoms with Crippen molar-refractivity contribution in [3.05, 3.63) is 48.2 Å². The van der Waals surface area contributed by atoms with Gasteiger partial charge >= 0.3 is 5.97 Å². The van der Waals surface area contributed by atoms with E-state index in [1.807, 2.05) is 30.3 Å². The highest BCUT2D eigenvalue weighted by Crippen LogP contribution is 2.18. The second-order valence-corrected chi connectivity index (χ2v) is 5.96. The zero-order valence-corrected chi connectivity index (χ0v) is 13.8. The molecule has 1 aromatic heterocycles. The van der Waals surface area contributed by atoms with Crippen LogP contribution in [0.15, 0.2) is 42.6 Å². The molecule has 1 aliphatic heterocycles. The molecule has 130 valence electrons. The third-order valence-electron chi connectivity index (χ3n) is 4.29. The van der Waals surface area contributed by atoms with Crippen molar-refractivity contribution in [1.29, 1.82) is 0 Å². The summed E-state index contributed by atoms with van der Waals surface area (Å²) in [6, 6.07) is 9.46. The Balaban J connectivity index is 1.81. The largest absolute Gasteiger partial charge is 0.480 e. The van der Waals surface area contributed by atoms with Crippen LogP contribution in [0.25, 0.3) is 17.0 Å². The Morgan fingerprint density at radius 2 is 2.00 bits per heavy atom. The van der Waals surface area contributed by atoms with Gasteiger partial charge in [-0.25, -0.2) is 0 Å². The van der Waals surface area contributed by atoms with Crippen molar-refractivity contribution in [3.8, 4) is 0 Å². The Bertz CT molecular complexity index is 792. The van der Waals surface area contributed by atoms with Crippen LogP contribution in [0.1, 0.15) is 18.4 Å². The number of carboxylic acids is 1. The molecule has 0 radical (unpaired) electrons. The van der Waals surface area contributed by atoms with Crippen molar-refractivity contribution in [1.82, 2.24) is 9.88 Å². The Labute approximate surface area is 145 Å². The summed E-state index contributed by atoms with van der Waals surface area (Å²) >= 11 is 0. The molecule has 0 saturated carbocycles. The second kappa shape index (κ2) is 7.90. The highest BCUT2D eigenvalue weighted by Gasteiger charge is 2.26. The molecule has 0 aliphatic carbocycles. The Morgan fingerprint density at radius 3 is 2.76 bits per heavy atom. The first-order valence-electron chi connectivity index (χ1n) is 8.27. The van der Waals surface area contributed by atoms with Gasteiger partial charge < -0.3 is 14.7 Å². The van der Waals surface area contributed by atoms with Crippen molar-refractivity contribution in [2.75, 3.05) is 19.8 Å². The quantitative estimate of drug-likeness (QED) is 0.845. The smallest absolute Gasteiger partial charge is 0.323 e. The molecular formula is C19H20N2O4. The highest BCUT2D eigenvalue weighted by atomic mass is 16.5. The van der Waals surface area contributed by atoms with Gasteiger partial charge in [0.25, 0.3) is 0 Å². The van der Waals surface area contributed by atoms with E-state index in [1.54, 1.807) is 12.3 Å². The fourth-order valence-electron chi connectivity index (χ4n) is 3.05. The van der Waals surface area contributed by atoms with Crippen molar-refractivity contribution in [3.63, 3.8) is 0 Å². The summed E-state index contributed by atoms with van der Waals surface area (Å²) in [5, 5.41) is 10.1. The molecule has 6 nitrogen and oxygen atoms in total. The van der Waals surface area contributed by atoms with Crippen molar-refractivity contribution in [2.45, 2.75) is 18.9 Å². The van der Waals surface area contributed by atoms with Crippen molar-refractivity contribution < 1.29 is 19.4 Å².